The molecule has 8 nitrogen and oxygen atoms in total. The number of ketones is 1. The molecule has 1 saturated carbocycles. The van der Waals surface area contributed by atoms with Gasteiger partial charge in [0.25, 0.3) is 0 Å². The van der Waals surface area contributed by atoms with Crippen LogP contribution in [0, 0.1) is 0 Å². The van der Waals surface area contributed by atoms with Crippen LogP contribution in [0.15, 0.2) is 29.4 Å². The van der Waals surface area contributed by atoms with Crippen LogP contribution in [0.4, 0.5) is 0 Å². The van der Waals surface area contributed by atoms with Gasteiger partial charge in [0.2, 0.25) is 0 Å². The number of hydrogen-bond acceptors (Lipinski definition) is 6. The summed E-state index contributed by atoms with van der Waals surface area (Å²) in [6.07, 6.45) is 3.23. The maximum atomic E-state index is 12.8. The Balaban J connectivity index is 1.65. The molecule has 0 spiro atoms. The number of carbonyl (C=O) groups excluding carboxylic acids is 1. The minimum absolute atomic E-state index is 0.195. The van der Waals surface area contributed by atoms with Gasteiger partial charge in [0, 0.05) is 29.4 Å². The molecule has 1 atom stereocenters. The van der Waals surface area contributed by atoms with Crippen molar-refractivity contribution in [1.29, 1.82) is 0 Å². The van der Waals surface area contributed by atoms with E-state index in [0.29, 0.717) is 64.2 Å². The lowest BCUT2D eigenvalue weighted by Crippen LogP contribution is -2.52. The molecule has 9 heteroatoms. The van der Waals surface area contributed by atoms with Gasteiger partial charge in [-0.2, -0.15) is 0 Å². The Morgan fingerprint density at radius 1 is 1.07 bits per heavy atom. The van der Waals surface area contributed by atoms with Gasteiger partial charge in [-0.05, 0) is 30.0 Å². The number of halogens is 1. The van der Waals surface area contributed by atoms with Crippen LogP contribution in [-0.2, 0) is 24.5 Å². The zero-order chi connectivity index (χ0) is 20.8. The van der Waals surface area contributed by atoms with Gasteiger partial charge in [0.05, 0.1) is 39.6 Å². The first-order chi connectivity index (χ1) is 14.2. The van der Waals surface area contributed by atoms with Gasteiger partial charge in [-0.25, -0.2) is 0 Å². The van der Waals surface area contributed by atoms with E-state index in [0.717, 1.165) is 24.8 Å². The van der Waals surface area contributed by atoms with Gasteiger partial charge in [0.15, 0.2) is 5.78 Å². The Morgan fingerprint density at radius 2 is 1.76 bits per heavy atom. The van der Waals surface area contributed by atoms with Crippen molar-refractivity contribution in [2.24, 2.45) is 5.11 Å². The molecule has 1 aliphatic carbocycles. The van der Waals surface area contributed by atoms with Gasteiger partial charge in [0.1, 0.15) is 5.54 Å². The van der Waals surface area contributed by atoms with E-state index >= 15 is 0 Å². The molecule has 0 saturated heterocycles. The molecule has 0 amide bonds. The summed E-state index contributed by atoms with van der Waals surface area (Å²) in [6.45, 7) is 3.59. The van der Waals surface area contributed by atoms with E-state index < -0.39 is 5.54 Å². The fourth-order valence-electron chi connectivity index (χ4n) is 3.43. The van der Waals surface area contributed by atoms with Crippen LogP contribution < -0.4 is 5.32 Å². The van der Waals surface area contributed by atoms with Crippen molar-refractivity contribution in [2.45, 2.75) is 31.2 Å². The van der Waals surface area contributed by atoms with E-state index in [2.05, 4.69) is 15.3 Å². The standard InChI is InChI=1S/C20H29ClN4O4/c21-18-6-2-1-5-17(18)20(8-4-3-7-19(20)26)23-9-11-27-13-15-29-16-14-28-12-10-24-25-22/h1-2,5-6,23H,3-4,7-16H2. The average Bonchev–Trinajstić information content (AvgIpc) is 2.73. The second-order valence-electron chi connectivity index (χ2n) is 6.73. The third kappa shape index (κ3) is 7.59. The predicted molar refractivity (Wildman–Crippen MR) is 111 cm³/mol. The summed E-state index contributed by atoms with van der Waals surface area (Å²) in [7, 11) is 0. The third-order valence-corrected chi connectivity index (χ3v) is 5.16. The summed E-state index contributed by atoms with van der Waals surface area (Å²) in [4.78, 5) is 15.4. The normalized spacial score (nSPS) is 19.1. The topological polar surface area (TPSA) is 106 Å². The number of carbonyl (C=O) groups is 1. The van der Waals surface area contributed by atoms with Crippen LogP contribution >= 0.6 is 11.6 Å². The molecule has 0 heterocycles. The van der Waals surface area contributed by atoms with Crippen molar-refractivity contribution in [2.75, 3.05) is 52.7 Å². The molecule has 0 aliphatic heterocycles. The summed E-state index contributed by atoms with van der Waals surface area (Å²) in [5.74, 6) is 0.195. The fraction of sp³-hybridized carbons (Fsp3) is 0.650. The minimum atomic E-state index is -0.719. The molecule has 1 aromatic carbocycles. The van der Waals surface area contributed by atoms with E-state index in [1.807, 2.05) is 24.3 Å². The molecule has 1 unspecified atom stereocenters. The van der Waals surface area contributed by atoms with Crippen LogP contribution in [-0.4, -0.2) is 58.5 Å². The SMILES string of the molecule is [N-]=[N+]=NCCOCCOCCOCCNC1(c2ccccc2Cl)CCCCC1=O. The van der Waals surface area contributed by atoms with E-state index in [-0.39, 0.29) is 5.78 Å². The Labute approximate surface area is 176 Å². The summed E-state index contributed by atoms with van der Waals surface area (Å²) in [5, 5.41) is 7.42. The zero-order valence-corrected chi connectivity index (χ0v) is 17.4. The first kappa shape index (κ1) is 23.6. The van der Waals surface area contributed by atoms with Crippen LogP contribution in [0.2, 0.25) is 5.02 Å². The highest BCUT2D eigenvalue weighted by molar-refractivity contribution is 6.31. The lowest BCUT2D eigenvalue weighted by molar-refractivity contribution is -0.128. The molecule has 0 bridgehead atoms. The predicted octanol–water partition coefficient (Wildman–Crippen LogP) is 3.63. The monoisotopic (exact) mass is 424 g/mol. The molecular weight excluding hydrogens is 396 g/mol. The van der Waals surface area contributed by atoms with Crippen molar-refractivity contribution in [1.82, 2.24) is 5.32 Å². The first-order valence-corrected chi connectivity index (χ1v) is 10.4. The highest BCUT2D eigenvalue weighted by atomic mass is 35.5. The van der Waals surface area contributed by atoms with Crippen LogP contribution in [0.3, 0.4) is 0 Å². The van der Waals surface area contributed by atoms with Crippen molar-refractivity contribution in [3.05, 3.63) is 45.3 Å². The molecule has 1 aromatic rings. The summed E-state index contributed by atoms with van der Waals surface area (Å²) >= 11 is 6.40. The Kier molecular flexibility index (Phi) is 11.0. The van der Waals surface area contributed by atoms with Crippen LogP contribution in [0.5, 0.6) is 0 Å². The van der Waals surface area contributed by atoms with Gasteiger partial charge in [-0.3, -0.25) is 10.1 Å². The van der Waals surface area contributed by atoms with Crippen molar-refractivity contribution in [3.8, 4) is 0 Å². The highest BCUT2D eigenvalue weighted by Gasteiger charge is 2.41. The summed E-state index contributed by atoms with van der Waals surface area (Å²) in [6, 6.07) is 7.56. The Bertz CT molecular complexity index is 684. The lowest BCUT2D eigenvalue weighted by atomic mass is 9.75. The number of azide groups is 1. The first-order valence-electron chi connectivity index (χ1n) is 9.98. The number of rotatable bonds is 14. The Hall–Kier alpha value is -1.67. The molecule has 1 fully saturated rings. The molecule has 2 rings (SSSR count). The van der Waals surface area contributed by atoms with E-state index in [9.17, 15) is 4.79 Å². The molecule has 0 radical (unpaired) electrons. The van der Waals surface area contributed by atoms with Gasteiger partial charge >= 0.3 is 0 Å². The van der Waals surface area contributed by atoms with E-state index in [1.165, 1.54) is 0 Å². The minimum Gasteiger partial charge on any atom is -0.379 e. The second kappa shape index (κ2) is 13.5. The number of hydrogen-bond donors (Lipinski definition) is 1. The summed E-state index contributed by atoms with van der Waals surface area (Å²) in [5.41, 5.74) is 8.27. The Morgan fingerprint density at radius 3 is 2.45 bits per heavy atom. The smallest absolute Gasteiger partial charge is 0.157 e. The zero-order valence-electron chi connectivity index (χ0n) is 16.6. The fourth-order valence-corrected chi connectivity index (χ4v) is 3.73. The maximum Gasteiger partial charge on any atom is 0.157 e. The van der Waals surface area contributed by atoms with Crippen molar-refractivity contribution >= 4 is 17.4 Å². The highest BCUT2D eigenvalue weighted by Crippen LogP contribution is 2.37. The van der Waals surface area contributed by atoms with Crippen molar-refractivity contribution < 1.29 is 19.0 Å². The lowest BCUT2D eigenvalue weighted by Gasteiger charge is -2.38. The molecule has 1 aliphatic rings. The van der Waals surface area contributed by atoms with Gasteiger partial charge < -0.3 is 14.2 Å². The number of benzene rings is 1. The average molecular weight is 425 g/mol. The molecule has 29 heavy (non-hydrogen) atoms. The van der Waals surface area contributed by atoms with E-state index in [4.69, 9.17) is 31.3 Å². The van der Waals surface area contributed by atoms with E-state index in [1.54, 1.807) is 0 Å². The van der Waals surface area contributed by atoms with Gasteiger partial charge in [-0.15, -0.1) is 0 Å². The number of ether oxygens (including phenoxy) is 3. The summed E-state index contributed by atoms with van der Waals surface area (Å²) < 4.78 is 16.3. The third-order valence-electron chi connectivity index (χ3n) is 4.83. The number of nitrogens with zero attached hydrogens (tertiary/aromatic N) is 3. The molecular formula is C20H29ClN4O4. The largest absolute Gasteiger partial charge is 0.379 e. The molecule has 0 aromatic heterocycles. The second-order valence-corrected chi connectivity index (χ2v) is 7.14. The number of nitrogens with one attached hydrogen (secondary N) is 1. The molecule has 160 valence electrons. The van der Waals surface area contributed by atoms with Crippen molar-refractivity contribution in [3.63, 3.8) is 0 Å². The quantitative estimate of drug-likeness (QED) is 0.212. The number of Topliss-reactive ketones (excluding diaryl/α,β-unsaturated/α-hetero) is 1. The van der Waals surface area contributed by atoms with Crippen LogP contribution in [0.25, 0.3) is 10.4 Å². The maximum absolute atomic E-state index is 12.8. The van der Waals surface area contributed by atoms with Crippen LogP contribution in [0.1, 0.15) is 31.2 Å². The van der Waals surface area contributed by atoms with Gasteiger partial charge in [-0.1, -0.05) is 41.3 Å². The molecule has 1 N–H and O–H groups in total.